The highest BCUT2D eigenvalue weighted by Crippen LogP contribution is 2.28. The Kier molecular flexibility index (Phi) is 5.49. The van der Waals surface area contributed by atoms with Crippen LogP contribution in [0.2, 0.25) is 0 Å². The van der Waals surface area contributed by atoms with Crippen LogP contribution in [0.4, 0.5) is 5.69 Å². The molecular formula is C21H19NO4. The number of rotatable bonds is 7. The van der Waals surface area contributed by atoms with Gasteiger partial charge in [0, 0.05) is 16.6 Å². The molecule has 0 heterocycles. The van der Waals surface area contributed by atoms with Gasteiger partial charge in [-0.1, -0.05) is 36.4 Å². The third-order valence-electron chi connectivity index (χ3n) is 3.83. The Hall–Kier alpha value is -3.34. The van der Waals surface area contributed by atoms with Crippen molar-refractivity contribution >= 4 is 28.7 Å². The molecule has 0 aliphatic rings. The summed E-state index contributed by atoms with van der Waals surface area (Å²) in [6.45, 7) is 2.11. The number of nitrogens with one attached hydrogen (secondary N) is 1. The summed E-state index contributed by atoms with van der Waals surface area (Å²) in [7, 11) is 0. The Bertz CT molecular complexity index is 931. The number of anilines is 1. The SMILES string of the molecule is CCOc1cc(C=O)ccc1OCC(=O)Nc1cccc2ccccc12. The van der Waals surface area contributed by atoms with Crippen LogP contribution >= 0.6 is 0 Å². The van der Waals surface area contributed by atoms with Crippen molar-refractivity contribution in [2.24, 2.45) is 0 Å². The molecule has 0 bridgehead atoms. The molecule has 0 saturated heterocycles. The number of carbonyl (C=O) groups excluding carboxylic acids is 2. The zero-order chi connectivity index (χ0) is 18.4. The summed E-state index contributed by atoms with van der Waals surface area (Å²) < 4.78 is 11.1. The van der Waals surface area contributed by atoms with Crippen LogP contribution in [0.15, 0.2) is 60.7 Å². The van der Waals surface area contributed by atoms with Crippen molar-refractivity contribution < 1.29 is 19.1 Å². The van der Waals surface area contributed by atoms with Crippen molar-refractivity contribution in [1.29, 1.82) is 0 Å². The van der Waals surface area contributed by atoms with Gasteiger partial charge >= 0.3 is 0 Å². The molecule has 26 heavy (non-hydrogen) atoms. The first-order valence-corrected chi connectivity index (χ1v) is 8.33. The highest BCUT2D eigenvalue weighted by molar-refractivity contribution is 6.02. The first kappa shape index (κ1) is 17.5. The highest BCUT2D eigenvalue weighted by Gasteiger charge is 2.10. The van der Waals surface area contributed by atoms with Gasteiger partial charge in [-0.25, -0.2) is 0 Å². The number of carbonyl (C=O) groups is 2. The molecule has 0 spiro atoms. The summed E-state index contributed by atoms with van der Waals surface area (Å²) in [6, 6.07) is 18.4. The van der Waals surface area contributed by atoms with Crippen molar-refractivity contribution in [3.63, 3.8) is 0 Å². The lowest BCUT2D eigenvalue weighted by Gasteiger charge is -2.13. The van der Waals surface area contributed by atoms with Gasteiger partial charge in [-0.2, -0.15) is 0 Å². The van der Waals surface area contributed by atoms with Crippen LogP contribution < -0.4 is 14.8 Å². The van der Waals surface area contributed by atoms with Crippen LogP contribution in [0.3, 0.4) is 0 Å². The Labute approximate surface area is 151 Å². The van der Waals surface area contributed by atoms with Crippen molar-refractivity contribution in [1.82, 2.24) is 0 Å². The molecule has 0 radical (unpaired) electrons. The summed E-state index contributed by atoms with van der Waals surface area (Å²) >= 11 is 0. The Morgan fingerprint density at radius 2 is 1.81 bits per heavy atom. The molecule has 0 saturated carbocycles. The summed E-state index contributed by atoms with van der Waals surface area (Å²) in [5, 5.41) is 4.88. The van der Waals surface area contributed by atoms with E-state index in [1.54, 1.807) is 18.2 Å². The minimum atomic E-state index is -0.275. The molecule has 0 aliphatic carbocycles. The quantitative estimate of drug-likeness (QED) is 0.653. The van der Waals surface area contributed by atoms with Gasteiger partial charge in [-0.05, 0) is 36.6 Å². The average molecular weight is 349 g/mol. The predicted molar refractivity (Wildman–Crippen MR) is 101 cm³/mol. The molecule has 0 atom stereocenters. The van der Waals surface area contributed by atoms with Crippen molar-refractivity contribution in [2.45, 2.75) is 6.92 Å². The maximum Gasteiger partial charge on any atom is 0.262 e. The van der Waals surface area contributed by atoms with Crippen molar-refractivity contribution in [2.75, 3.05) is 18.5 Å². The van der Waals surface area contributed by atoms with E-state index in [9.17, 15) is 9.59 Å². The van der Waals surface area contributed by atoms with Crippen LogP contribution in [-0.4, -0.2) is 25.4 Å². The molecule has 1 N–H and O–H groups in total. The van der Waals surface area contributed by atoms with Crippen LogP contribution in [0.5, 0.6) is 11.5 Å². The van der Waals surface area contributed by atoms with E-state index in [4.69, 9.17) is 9.47 Å². The molecule has 0 aromatic heterocycles. The summed E-state index contributed by atoms with van der Waals surface area (Å²) in [6.07, 6.45) is 0.736. The fraction of sp³-hybridized carbons (Fsp3) is 0.143. The molecule has 0 aliphatic heterocycles. The molecule has 5 nitrogen and oxygen atoms in total. The van der Waals surface area contributed by atoms with E-state index in [1.165, 1.54) is 0 Å². The number of amides is 1. The van der Waals surface area contributed by atoms with E-state index < -0.39 is 0 Å². The van der Waals surface area contributed by atoms with E-state index in [-0.39, 0.29) is 12.5 Å². The maximum absolute atomic E-state index is 12.3. The minimum Gasteiger partial charge on any atom is -0.490 e. The molecule has 0 unspecified atom stereocenters. The fourth-order valence-electron chi connectivity index (χ4n) is 2.65. The number of ether oxygens (including phenoxy) is 2. The van der Waals surface area contributed by atoms with Gasteiger partial charge in [0.05, 0.1) is 6.61 Å². The molecule has 3 rings (SSSR count). The van der Waals surface area contributed by atoms with Gasteiger partial charge in [0.1, 0.15) is 6.29 Å². The normalized spacial score (nSPS) is 10.3. The Morgan fingerprint density at radius 3 is 2.62 bits per heavy atom. The second kappa shape index (κ2) is 8.16. The zero-order valence-electron chi connectivity index (χ0n) is 14.4. The first-order chi connectivity index (χ1) is 12.7. The molecule has 1 amide bonds. The van der Waals surface area contributed by atoms with Crippen LogP contribution in [0.25, 0.3) is 10.8 Å². The molecule has 0 fully saturated rings. The molecule has 5 heteroatoms. The van der Waals surface area contributed by atoms with Crippen molar-refractivity contribution in [3.8, 4) is 11.5 Å². The Morgan fingerprint density at radius 1 is 1.00 bits per heavy atom. The summed E-state index contributed by atoms with van der Waals surface area (Å²) in [5.74, 6) is 0.587. The van der Waals surface area contributed by atoms with Crippen molar-refractivity contribution in [3.05, 3.63) is 66.2 Å². The lowest BCUT2D eigenvalue weighted by molar-refractivity contribution is -0.118. The topological polar surface area (TPSA) is 64.6 Å². The van der Waals surface area contributed by atoms with Crippen LogP contribution in [0.1, 0.15) is 17.3 Å². The molecule has 3 aromatic carbocycles. The van der Waals surface area contributed by atoms with E-state index in [0.29, 0.717) is 23.7 Å². The third-order valence-corrected chi connectivity index (χ3v) is 3.83. The van der Waals surface area contributed by atoms with E-state index in [1.807, 2.05) is 49.4 Å². The maximum atomic E-state index is 12.3. The fourth-order valence-corrected chi connectivity index (χ4v) is 2.65. The second-order valence-corrected chi connectivity index (χ2v) is 5.62. The second-order valence-electron chi connectivity index (χ2n) is 5.62. The predicted octanol–water partition coefficient (Wildman–Crippen LogP) is 4.07. The van der Waals surface area contributed by atoms with Gasteiger partial charge in [-0.3, -0.25) is 9.59 Å². The largest absolute Gasteiger partial charge is 0.490 e. The van der Waals surface area contributed by atoms with Gasteiger partial charge in [0.25, 0.3) is 5.91 Å². The smallest absolute Gasteiger partial charge is 0.262 e. The highest BCUT2D eigenvalue weighted by atomic mass is 16.5. The average Bonchev–Trinajstić information content (AvgIpc) is 2.67. The van der Waals surface area contributed by atoms with Gasteiger partial charge in [-0.15, -0.1) is 0 Å². The number of aldehydes is 1. The first-order valence-electron chi connectivity index (χ1n) is 8.33. The number of hydrogen-bond acceptors (Lipinski definition) is 4. The monoisotopic (exact) mass is 349 g/mol. The number of fused-ring (bicyclic) bond motifs is 1. The lowest BCUT2D eigenvalue weighted by atomic mass is 10.1. The van der Waals surface area contributed by atoms with Crippen LogP contribution in [0, 0.1) is 0 Å². The summed E-state index contributed by atoms with van der Waals surface area (Å²) in [5.41, 5.74) is 1.22. The molecular weight excluding hydrogens is 330 g/mol. The molecule has 3 aromatic rings. The zero-order valence-corrected chi connectivity index (χ0v) is 14.4. The third kappa shape index (κ3) is 4.00. The number of benzene rings is 3. The van der Waals surface area contributed by atoms with E-state index in [0.717, 1.165) is 22.7 Å². The van der Waals surface area contributed by atoms with Gasteiger partial charge < -0.3 is 14.8 Å². The minimum absolute atomic E-state index is 0.163. The number of hydrogen-bond donors (Lipinski definition) is 1. The van der Waals surface area contributed by atoms with Gasteiger partial charge in [0.2, 0.25) is 0 Å². The summed E-state index contributed by atoms with van der Waals surface area (Å²) in [4.78, 5) is 23.2. The van der Waals surface area contributed by atoms with Crippen LogP contribution in [-0.2, 0) is 4.79 Å². The standard InChI is InChI=1S/C21H19NO4/c1-2-25-20-12-15(13-23)10-11-19(20)26-14-21(24)22-18-9-5-7-16-6-3-4-8-17(16)18/h3-13H,2,14H2,1H3,(H,22,24). The van der Waals surface area contributed by atoms with E-state index in [2.05, 4.69) is 5.32 Å². The molecule has 132 valence electrons. The van der Waals surface area contributed by atoms with Gasteiger partial charge in [0.15, 0.2) is 18.1 Å². The Balaban J connectivity index is 1.70. The van der Waals surface area contributed by atoms with E-state index >= 15 is 0 Å². The lowest BCUT2D eigenvalue weighted by Crippen LogP contribution is -2.20.